The highest BCUT2D eigenvalue weighted by Gasteiger charge is 2.40. The Hall–Kier alpha value is -1.66. The van der Waals surface area contributed by atoms with Crippen LogP contribution in [0, 0.1) is 0 Å². The van der Waals surface area contributed by atoms with E-state index in [0.29, 0.717) is 28.9 Å². The van der Waals surface area contributed by atoms with E-state index in [9.17, 15) is 4.79 Å². The Balaban J connectivity index is 1.78. The van der Waals surface area contributed by atoms with E-state index in [1.807, 2.05) is 11.0 Å². The van der Waals surface area contributed by atoms with E-state index in [1.165, 1.54) is 0 Å². The number of ether oxygens (including phenoxy) is 2. The van der Waals surface area contributed by atoms with Gasteiger partial charge in [0.05, 0.1) is 36.3 Å². The van der Waals surface area contributed by atoms with Crippen molar-refractivity contribution in [2.24, 2.45) is 5.11 Å². The first-order valence-electron chi connectivity index (χ1n) is 8.01. The van der Waals surface area contributed by atoms with Crippen LogP contribution in [-0.4, -0.2) is 49.8 Å². The molecule has 2 aliphatic rings. The first kappa shape index (κ1) is 18.1. The lowest BCUT2D eigenvalue weighted by Gasteiger charge is -2.44. The smallest absolute Gasteiger partial charge is 0.252 e. The minimum absolute atomic E-state index is 0.0237. The van der Waals surface area contributed by atoms with Gasteiger partial charge in [0, 0.05) is 17.0 Å². The van der Waals surface area contributed by atoms with Crippen molar-refractivity contribution in [3.63, 3.8) is 0 Å². The number of hydrogen-bond acceptors (Lipinski definition) is 4. The summed E-state index contributed by atoms with van der Waals surface area (Å²) in [6.07, 6.45) is 0.788. The van der Waals surface area contributed by atoms with Gasteiger partial charge in [-0.05, 0) is 36.4 Å². The second-order valence-corrected chi connectivity index (χ2v) is 6.90. The summed E-state index contributed by atoms with van der Waals surface area (Å²) in [6, 6.07) is 3.50. The van der Waals surface area contributed by atoms with Gasteiger partial charge in [-0.1, -0.05) is 28.3 Å². The van der Waals surface area contributed by atoms with E-state index in [2.05, 4.69) is 10.0 Å². The van der Waals surface area contributed by atoms with Crippen LogP contribution in [0.5, 0.6) is 5.75 Å². The van der Waals surface area contributed by atoms with Crippen molar-refractivity contribution in [3.05, 3.63) is 38.2 Å². The van der Waals surface area contributed by atoms with Crippen molar-refractivity contribution in [1.29, 1.82) is 0 Å². The van der Waals surface area contributed by atoms with Gasteiger partial charge in [-0.2, -0.15) is 0 Å². The zero-order chi connectivity index (χ0) is 18.0. The normalized spacial score (nSPS) is 26.0. The molecule has 1 aromatic carbocycles. The Labute approximate surface area is 155 Å². The van der Waals surface area contributed by atoms with Crippen LogP contribution < -0.4 is 4.74 Å². The van der Waals surface area contributed by atoms with E-state index in [0.717, 1.165) is 18.4 Å². The van der Waals surface area contributed by atoms with Gasteiger partial charge >= 0.3 is 0 Å². The number of rotatable bonds is 4. The van der Waals surface area contributed by atoms with Crippen LogP contribution in [0.2, 0.25) is 10.0 Å². The molecule has 2 aliphatic heterocycles. The molecule has 0 spiro atoms. The monoisotopic (exact) mass is 384 g/mol. The third-order valence-corrected chi connectivity index (χ3v) is 5.61. The lowest BCUT2D eigenvalue weighted by Crippen LogP contribution is -2.57. The number of carbonyl (C=O) groups excluding carboxylic acids is 1. The summed E-state index contributed by atoms with van der Waals surface area (Å²) in [5.74, 6) is 0.718. The highest BCUT2D eigenvalue weighted by Crippen LogP contribution is 2.44. The maximum atomic E-state index is 12.5. The molecular weight excluding hydrogens is 367 g/mol. The summed E-state index contributed by atoms with van der Waals surface area (Å²) >= 11 is 12.6. The average Bonchev–Trinajstić information content (AvgIpc) is 2.63. The first-order chi connectivity index (χ1) is 12.1. The Morgan fingerprint density at radius 3 is 3.00 bits per heavy atom. The molecule has 0 saturated carbocycles. The second-order valence-electron chi connectivity index (χ2n) is 6.12. The van der Waals surface area contributed by atoms with Crippen LogP contribution >= 0.6 is 23.2 Å². The first-order valence-corrected chi connectivity index (χ1v) is 8.77. The number of fused-ring (bicyclic) bond motifs is 1. The molecule has 7 nitrogen and oxygen atoms in total. The number of carbonyl (C=O) groups is 1. The maximum Gasteiger partial charge on any atom is 0.252 e. The minimum Gasteiger partial charge on any atom is -0.496 e. The molecule has 3 atom stereocenters. The highest BCUT2D eigenvalue weighted by molar-refractivity contribution is 6.42. The van der Waals surface area contributed by atoms with Crippen molar-refractivity contribution in [1.82, 2.24) is 4.90 Å². The van der Waals surface area contributed by atoms with Gasteiger partial charge in [0.2, 0.25) is 0 Å². The maximum absolute atomic E-state index is 12.5. The molecule has 25 heavy (non-hydrogen) atoms. The van der Waals surface area contributed by atoms with Crippen LogP contribution in [0.1, 0.15) is 24.3 Å². The third kappa shape index (κ3) is 3.51. The molecule has 0 N–H and O–H groups in total. The predicted molar refractivity (Wildman–Crippen MR) is 94.2 cm³/mol. The fourth-order valence-corrected chi connectivity index (χ4v) is 4.07. The molecule has 9 heteroatoms. The Kier molecular flexibility index (Phi) is 5.59. The largest absolute Gasteiger partial charge is 0.496 e. The molecule has 2 fully saturated rings. The zero-order valence-corrected chi connectivity index (χ0v) is 15.2. The second kappa shape index (κ2) is 7.70. The molecule has 1 aromatic rings. The summed E-state index contributed by atoms with van der Waals surface area (Å²) in [5, 5.41) is 4.44. The average molecular weight is 385 g/mol. The summed E-state index contributed by atoms with van der Waals surface area (Å²) in [6.45, 7) is 1.03. The summed E-state index contributed by atoms with van der Waals surface area (Å²) in [7, 11) is 1.60. The number of benzene rings is 1. The molecule has 134 valence electrons. The van der Waals surface area contributed by atoms with Crippen LogP contribution in [0.25, 0.3) is 10.4 Å². The number of amides is 1. The van der Waals surface area contributed by atoms with Crippen LogP contribution in [-0.2, 0) is 9.53 Å². The van der Waals surface area contributed by atoms with Crippen LogP contribution in [0.15, 0.2) is 17.2 Å². The SMILES string of the molecule is COc1ccc(Cl)c(Cl)c1[C@@H]1CCN2C(=O)C(CN=[N+]=[N-])OC[C@@H]2C1. The van der Waals surface area contributed by atoms with Gasteiger partial charge < -0.3 is 14.4 Å². The highest BCUT2D eigenvalue weighted by atomic mass is 35.5. The molecule has 0 aromatic heterocycles. The molecule has 1 amide bonds. The van der Waals surface area contributed by atoms with Crippen LogP contribution in [0.4, 0.5) is 0 Å². The van der Waals surface area contributed by atoms with Crippen molar-refractivity contribution < 1.29 is 14.3 Å². The van der Waals surface area contributed by atoms with Gasteiger partial charge in [0.25, 0.3) is 5.91 Å². The number of nitrogens with zero attached hydrogens (tertiary/aromatic N) is 4. The summed E-state index contributed by atoms with van der Waals surface area (Å²) in [4.78, 5) is 17.0. The molecular formula is C16H18Cl2N4O3. The number of methoxy groups -OCH3 is 1. The van der Waals surface area contributed by atoms with Crippen molar-refractivity contribution in [2.75, 3.05) is 26.8 Å². The number of hydrogen-bond donors (Lipinski definition) is 0. The summed E-state index contributed by atoms with van der Waals surface area (Å²) in [5.41, 5.74) is 9.31. The van der Waals surface area contributed by atoms with Gasteiger partial charge in [0.1, 0.15) is 11.9 Å². The van der Waals surface area contributed by atoms with Crippen molar-refractivity contribution in [2.45, 2.75) is 30.9 Å². The Morgan fingerprint density at radius 2 is 2.28 bits per heavy atom. The Bertz CT molecular complexity index is 724. The van der Waals surface area contributed by atoms with Crippen LogP contribution in [0.3, 0.4) is 0 Å². The fraction of sp³-hybridized carbons (Fsp3) is 0.562. The number of halogens is 2. The molecule has 0 radical (unpaired) electrons. The summed E-state index contributed by atoms with van der Waals surface area (Å²) < 4.78 is 11.1. The number of azide groups is 1. The molecule has 0 bridgehead atoms. The minimum atomic E-state index is -0.687. The molecule has 0 aliphatic carbocycles. The standard InChI is InChI=1S/C16H18Cl2N4O3/c1-24-12-3-2-11(17)15(18)14(12)9-4-5-22-10(6-9)8-25-13(16(22)23)7-20-21-19/h2-3,9-10,13H,4-8H2,1H3/t9-,10+,13?/m1/s1. The lowest BCUT2D eigenvalue weighted by molar-refractivity contribution is -0.161. The molecule has 2 saturated heterocycles. The fourth-order valence-electron chi connectivity index (χ4n) is 3.59. The topological polar surface area (TPSA) is 87.5 Å². The number of piperidine rings is 1. The van der Waals surface area contributed by atoms with E-state index in [-0.39, 0.29) is 24.4 Å². The predicted octanol–water partition coefficient (Wildman–Crippen LogP) is 3.79. The molecule has 3 rings (SSSR count). The van der Waals surface area contributed by atoms with E-state index in [1.54, 1.807) is 13.2 Å². The lowest BCUT2D eigenvalue weighted by atomic mass is 9.84. The van der Waals surface area contributed by atoms with E-state index >= 15 is 0 Å². The zero-order valence-electron chi connectivity index (χ0n) is 13.7. The van der Waals surface area contributed by atoms with Gasteiger partial charge in [0.15, 0.2) is 0 Å². The van der Waals surface area contributed by atoms with Crippen molar-refractivity contribution >= 4 is 29.1 Å². The van der Waals surface area contributed by atoms with Crippen molar-refractivity contribution in [3.8, 4) is 5.75 Å². The molecule has 1 unspecified atom stereocenters. The van der Waals surface area contributed by atoms with E-state index < -0.39 is 6.10 Å². The van der Waals surface area contributed by atoms with Gasteiger partial charge in [-0.25, -0.2) is 0 Å². The number of morpholine rings is 1. The molecule has 2 heterocycles. The van der Waals surface area contributed by atoms with Gasteiger partial charge in [-0.15, -0.1) is 0 Å². The quantitative estimate of drug-likeness (QED) is 0.449. The van der Waals surface area contributed by atoms with E-state index in [4.69, 9.17) is 38.2 Å². The third-order valence-electron chi connectivity index (χ3n) is 4.80. The van der Waals surface area contributed by atoms with Gasteiger partial charge in [-0.3, -0.25) is 4.79 Å². The Morgan fingerprint density at radius 1 is 1.48 bits per heavy atom.